The second kappa shape index (κ2) is 8.36. The number of fused-ring (bicyclic) bond motifs is 1. The number of carbonyl (C=O) groups excluding carboxylic acids is 1. The van der Waals surface area contributed by atoms with E-state index in [2.05, 4.69) is 17.1 Å². The SMILES string of the molecule is CCOc1cccc2sc(=NC(=O)CSCc3ccccc3)n(C)c12. The van der Waals surface area contributed by atoms with Gasteiger partial charge in [0.25, 0.3) is 5.91 Å². The van der Waals surface area contributed by atoms with Gasteiger partial charge in [-0.2, -0.15) is 4.99 Å². The highest BCUT2D eigenvalue weighted by Crippen LogP contribution is 2.26. The minimum atomic E-state index is -0.110. The molecule has 0 atom stereocenters. The molecular formula is C19H20N2O2S2. The first-order valence-electron chi connectivity index (χ1n) is 8.09. The van der Waals surface area contributed by atoms with Crippen LogP contribution in [-0.4, -0.2) is 22.8 Å². The third-order valence-corrected chi connectivity index (χ3v) is 5.73. The molecule has 0 aliphatic carbocycles. The summed E-state index contributed by atoms with van der Waals surface area (Å²) in [5.74, 6) is 1.91. The molecule has 3 rings (SSSR count). The van der Waals surface area contributed by atoms with E-state index in [1.807, 2.05) is 54.9 Å². The molecular weight excluding hydrogens is 352 g/mol. The number of carbonyl (C=O) groups is 1. The zero-order valence-electron chi connectivity index (χ0n) is 14.3. The highest BCUT2D eigenvalue weighted by Gasteiger charge is 2.10. The first-order valence-corrected chi connectivity index (χ1v) is 10.1. The van der Waals surface area contributed by atoms with Gasteiger partial charge < -0.3 is 9.30 Å². The molecule has 130 valence electrons. The van der Waals surface area contributed by atoms with Crippen molar-refractivity contribution in [3.8, 4) is 5.75 Å². The summed E-state index contributed by atoms with van der Waals surface area (Å²) in [6, 6.07) is 16.1. The fourth-order valence-electron chi connectivity index (χ4n) is 2.52. The van der Waals surface area contributed by atoms with E-state index >= 15 is 0 Å². The van der Waals surface area contributed by atoms with Gasteiger partial charge in [-0.3, -0.25) is 4.79 Å². The van der Waals surface area contributed by atoms with E-state index in [4.69, 9.17) is 4.74 Å². The van der Waals surface area contributed by atoms with E-state index in [0.717, 1.165) is 21.7 Å². The Hall–Kier alpha value is -2.05. The van der Waals surface area contributed by atoms with Crippen molar-refractivity contribution in [2.45, 2.75) is 12.7 Å². The van der Waals surface area contributed by atoms with Crippen LogP contribution in [-0.2, 0) is 17.6 Å². The lowest BCUT2D eigenvalue weighted by atomic mass is 10.2. The molecule has 0 N–H and O–H groups in total. The van der Waals surface area contributed by atoms with Crippen LogP contribution in [0.2, 0.25) is 0 Å². The van der Waals surface area contributed by atoms with E-state index in [-0.39, 0.29) is 5.91 Å². The number of ether oxygens (including phenoxy) is 1. The number of rotatable bonds is 6. The predicted octanol–water partition coefficient (Wildman–Crippen LogP) is 4.00. The van der Waals surface area contributed by atoms with Gasteiger partial charge in [0.15, 0.2) is 4.80 Å². The van der Waals surface area contributed by atoms with Crippen LogP contribution in [0.1, 0.15) is 12.5 Å². The van der Waals surface area contributed by atoms with Crippen molar-refractivity contribution in [1.29, 1.82) is 0 Å². The Bertz CT molecular complexity index is 929. The summed E-state index contributed by atoms with van der Waals surface area (Å²) in [5.41, 5.74) is 2.20. The van der Waals surface area contributed by atoms with Crippen LogP contribution < -0.4 is 9.54 Å². The molecule has 0 saturated heterocycles. The van der Waals surface area contributed by atoms with Gasteiger partial charge in [-0.15, -0.1) is 11.8 Å². The van der Waals surface area contributed by atoms with E-state index in [9.17, 15) is 4.79 Å². The van der Waals surface area contributed by atoms with E-state index in [0.29, 0.717) is 17.2 Å². The number of thioether (sulfide) groups is 1. The maximum atomic E-state index is 12.2. The molecule has 1 amide bonds. The third kappa shape index (κ3) is 4.32. The van der Waals surface area contributed by atoms with Crippen molar-refractivity contribution < 1.29 is 9.53 Å². The monoisotopic (exact) mass is 372 g/mol. The average molecular weight is 373 g/mol. The lowest BCUT2D eigenvalue weighted by Crippen LogP contribution is -2.14. The summed E-state index contributed by atoms with van der Waals surface area (Å²) in [7, 11) is 1.92. The molecule has 3 aromatic rings. The van der Waals surface area contributed by atoms with E-state index in [1.165, 1.54) is 16.9 Å². The Balaban J connectivity index is 1.75. The van der Waals surface area contributed by atoms with Crippen LogP contribution in [0.4, 0.5) is 0 Å². The van der Waals surface area contributed by atoms with Gasteiger partial charge in [0.2, 0.25) is 0 Å². The van der Waals surface area contributed by atoms with Gasteiger partial charge in [-0.1, -0.05) is 47.7 Å². The van der Waals surface area contributed by atoms with Crippen LogP contribution in [0, 0.1) is 0 Å². The molecule has 0 saturated carbocycles. The maximum Gasteiger partial charge on any atom is 0.258 e. The lowest BCUT2D eigenvalue weighted by molar-refractivity contribution is -0.115. The zero-order valence-corrected chi connectivity index (χ0v) is 15.9. The molecule has 0 spiro atoms. The molecule has 4 nitrogen and oxygen atoms in total. The Morgan fingerprint density at radius 3 is 2.76 bits per heavy atom. The van der Waals surface area contributed by atoms with Gasteiger partial charge in [0, 0.05) is 12.8 Å². The molecule has 0 bridgehead atoms. The molecule has 0 radical (unpaired) electrons. The molecule has 0 unspecified atom stereocenters. The minimum Gasteiger partial charge on any atom is -0.492 e. The number of hydrogen-bond donors (Lipinski definition) is 0. The largest absolute Gasteiger partial charge is 0.492 e. The van der Waals surface area contributed by atoms with Crippen molar-refractivity contribution in [2.75, 3.05) is 12.4 Å². The number of hydrogen-bond acceptors (Lipinski definition) is 4. The van der Waals surface area contributed by atoms with Gasteiger partial charge in [0.05, 0.1) is 17.1 Å². The number of aryl methyl sites for hydroxylation is 1. The zero-order chi connectivity index (χ0) is 17.6. The van der Waals surface area contributed by atoms with E-state index in [1.54, 1.807) is 11.8 Å². The number of para-hydroxylation sites is 1. The average Bonchev–Trinajstić information content (AvgIpc) is 2.93. The van der Waals surface area contributed by atoms with Crippen molar-refractivity contribution in [1.82, 2.24) is 4.57 Å². The summed E-state index contributed by atoms with van der Waals surface area (Å²) < 4.78 is 8.69. The highest BCUT2D eigenvalue weighted by atomic mass is 32.2. The normalized spacial score (nSPS) is 11.8. The van der Waals surface area contributed by atoms with Crippen molar-refractivity contribution in [3.05, 3.63) is 58.9 Å². The van der Waals surface area contributed by atoms with Crippen LogP contribution >= 0.6 is 23.1 Å². The highest BCUT2D eigenvalue weighted by molar-refractivity contribution is 7.99. The number of amides is 1. The molecule has 1 heterocycles. The number of benzene rings is 2. The van der Waals surface area contributed by atoms with Crippen LogP contribution in [0.25, 0.3) is 10.2 Å². The standard InChI is InChI=1S/C19H20N2O2S2/c1-3-23-15-10-7-11-16-18(15)21(2)19(25-16)20-17(22)13-24-12-14-8-5-4-6-9-14/h4-11H,3,12-13H2,1-2H3. The molecule has 2 aromatic carbocycles. The lowest BCUT2D eigenvalue weighted by Gasteiger charge is -2.05. The van der Waals surface area contributed by atoms with Crippen LogP contribution in [0.15, 0.2) is 53.5 Å². The smallest absolute Gasteiger partial charge is 0.258 e. The van der Waals surface area contributed by atoms with Crippen LogP contribution in [0.5, 0.6) is 5.75 Å². The molecule has 25 heavy (non-hydrogen) atoms. The fourth-order valence-corrected chi connectivity index (χ4v) is 4.34. The first-order chi connectivity index (χ1) is 12.2. The predicted molar refractivity (Wildman–Crippen MR) is 105 cm³/mol. The maximum absolute atomic E-state index is 12.2. The quantitative estimate of drug-likeness (QED) is 0.657. The van der Waals surface area contributed by atoms with Gasteiger partial charge in [0.1, 0.15) is 11.3 Å². The number of aromatic nitrogens is 1. The molecule has 6 heteroatoms. The summed E-state index contributed by atoms with van der Waals surface area (Å²) in [6.07, 6.45) is 0. The summed E-state index contributed by atoms with van der Waals surface area (Å²) in [6.45, 7) is 2.57. The molecule has 1 aromatic heterocycles. The first kappa shape index (κ1) is 17.8. The summed E-state index contributed by atoms with van der Waals surface area (Å²) >= 11 is 3.09. The Morgan fingerprint density at radius 1 is 1.20 bits per heavy atom. The summed E-state index contributed by atoms with van der Waals surface area (Å²) in [4.78, 5) is 17.2. The molecule has 0 aliphatic heterocycles. The van der Waals surface area contributed by atoms with Crippen LogP contribution in [0.3, 0.4) is 0 Å². The van der Waals surface area contributed by atoms with Gasteiger partial charge >= 0.3 is 0 Å². The summed E-state index contributed by atoms with van der Waals surface area (Å²) in [5, 5.41) is 0. The van der Waals surface area contributed by atoms with E-state index < -0.39 is 0 Å². The minimum absolute atomic E-state index is 0.110. The Morgan fingerprint density at radius 2 is 2.00 bits per heavy atom. The Kier molecular flexibility index (Phi) is 5.94. The second-order valence-corrected chi connectivity index (χ2v) is 7.46. The van der Waals surface area contributed by atoms with Crippen molar-refractivity contribution >= 4 is 39.2 Å². The van der Waals surface area contributed by atoms with Crippen molar-refractivity contribution in [2.24, 2.45) is 12.0 Å². The fraction of sp³-hybridized carbons (Fsp3) is 0.263. The second-order valence-electron chi connectivity index (χ2n) is 5.46. The van der Waals surface area contributed by atoms with Gasteiger partial charge in [-0.05, 0) is 24.6 Å². The van der Waals surface area contributed by atoms with Gasteiger partial charge in [-0.25, -0.2) is 0 Å². The molecule has 0 fully saturated rings. The molecule has 0 aliphatic rings. The third-order valence-electron chi connectivity index (χ3n) is 3.64. The number of nitrogens with zero attached hydrogens (tertiary/aromatic N) is 2. The van der Waals surface area contributed by atoms with Crippen molar-refractivity contribution in [3.63, 3.8) is 0 Å². The number of thiazole rings is 1. The topological polar surface area (TPSA) is 43.6 Å². The Labute approximate surface area is 155 Å².